The van der Waals surface area contributed by atoms with E-state index in [2.05, 4.69) is 19.9 Å². The van der Waals surface area contributed by atoms with Crippen LogP contribution >= 0.6 is 90.4 Å². The molecule has 48 heavy (non-hydrogen) atoms. The number of aliphatic carboxylic acids is 4. The maximum Gasteiger partial charge on any atom is 2.00 e. The smallest absolute Gasteiger partial charge is 0.549 e. The molecule has 0 aliphatic heterocycles. The molecule has 20 heteroatoms. The van der Waals surface area contributed by atoms with Gasteiger partial charge in [-0.2, -0.15) is 0 Å². The second-order valence-electron chi connectivity index (χ2n) is 6.88. The maximum atomic E-state index is 9.25. The first kappa shape index (κ1) is 58.6. The Balaban J connectivity index is -0.000000115. The van der Waals surface area contributed by atoms with E-state index in [4.69, 9.17) is 0 Å². The fraction of sp³-hybridized carbons (Fsp3) is 0.143. The van der Waals surface area contributed by atoms with Crippen molar-refractivity contribution >= 4 is 114 Å². The van der Waals surface area contributed by atoms with Gasteiger partial charge < -0.3 is 50.6 Å². The molecule has 0 aromatic carbocycles. The van der Waals surface area contributed by atoms with Crippen LogP contribution in [-0.4, -0.2) is 72.5 Å². The van der Waals surface area contributed by atoms with Gasteiger partial charge in [0.05, 0.1) is 46.7 Å². The van der Waals surface area contributed by atoms with E-state index < -0.39 is 23.9 Å². The number of hydrogen-bond donors (Lipinski definition) is 0. The van der Waals surface area contributed by atoms with Gasteiger partial charge in [0.15, 0.2) is 0 Å². The van der Waals surface area contributed by atoms with Crippen LogP contribution in [0.5, 0.6) is 0 Å². The third kappa shape index (κ3) is 38.8. The van der Waals surface area contributed by atoms with Crippen molar-refractivity contribution in [2.24, 2.45) is 0 Å². The minimum atomic E-state index is -1.01. The van der Waals surface area contributed by atoms with Crippen molar-refractivity contribution in [2.75, 3.05) is 17.7 Å². The molecule has 4 N–H and O–H groups in total. The van der Waals surface area contributed by atoms with Crippen molar-refractivity contribution in [2.45, 2.75) is 0 Å². The Labute approximate surface area is 352 Å². The number of hydrogen-bond acceptors (Lipinski definition) is 12. The number of carbonyl (C=O) groups is 4. The molecule has 14 nitrogen and oxygen atoms in total. The number of halogens is 4. The summed E-state index contributed by atoms with van der Waals surface area (Å²) in [6.07, 6.45) is 7.07. The standard InChI is InChI=1S/2C10H8N2.4C2H3IO2.2Cu.2H2O/c2*1-3-7-11-9(5-1)10-6-2-4-8-12-10;4*3-1-2(4)5;;;;/h2*1-8H;4*1H2,(H,4,5);;;2*1H2/q;;;;;;2*+2;;/p-4. The fourth-order valence-corrected chi connectivity index (χ4v) is 2.06. The zero-order valence-electron chi connectivity index (χ0n) is 24.2. The second kappa shape index (κ2) is 41.5. The Kier molecular flexibility index (Phi) is 50.7. The average Bonchev–Trinajstić information content (AvgIpc) is 3.07. The summed E-state index contributed by atoms with van der Waals surface area (Å²) < 4.78 is 0.324. The number of pyridine rings is 4. The molecule has 4 heterocycles. The average molecular weight is 1220 g/mol. The van der Waals surface area contributed by atoms with Crippen LogP contribution in [-0.2, 0) is 53.3 Å². The molecule has 0 fully saturated rings. The zero-order valence-corrected chi connectivity index (χ0v) is 34.7. The van der Waals surface area contributed by atoms with Crippen molar-refractivity contribution in [3.63, 3.8) is 0 Å². The third-order valence-corrected chi connectivity index (χ3v) is 6.11. The summed E-state index contributed by atoms with van der Waals surface area (Å²) >= 11 is 6.86. The molecule has 0 saturated carbocycles. The summed E-state index contributed by atoms with van der Waals surface area (Å²) in [7, 11) is 0. The SMILES string of the molecule is O.O.O=C([O-])CI.O=C([O-])CI.O=C([O-])CI.O=C([O-])CI.[Cu+2].[Cu+2].c1ccc(-c2ccccn2)nc1.c1ccc(-c2ccccn2)nc1. The van der Waals surface area contributed by atoms with E-state index in [0.717, 1.165) is 22.8 Å². The van der Waals surface area contributed by atoms with Gasteiger partial charge in [0.2, 0.25) is 0 Å². The van der Waals surface area contributed by atoms with Crippen molar-refractivity contribution in [1.29, 1.82) is 0 Å². The van der Waals surface area contributed by atoms with Gasteiger partial charge >= 0.3 is 34.1 Å². The number of carboxylic acid groups (broad SMARTS) is 4. The van der Waals surface area contributed by atoms with Gasteiger partial charge in [-0.3, -0.25) is 19.9 Å². The van der Waals surface area contributed by atoms with Crippen molar-refractivity contribution < 1.29 is 84.7 Å². The van der Waals surface area contributed by atoms with Gasteiger partial charge in [-0.15, -0.1) is 0 Å². The minimum absolute atomic E-state index is 0. The summed E-state index contributed by atoms with van der Waals surface area (Å²) in [6.45, 7) is 0. The Morgan fingerprint density at radius 3 is 0.646 bits per heavy atom. The van der Waals surface area contributed by atoms with Crippen LogP contribution in [0.15, 0.2) is 97.6 Å². The monoisotopic (exact) mass is 1210 g/mol. The number of rotatable bonds is 6. The molecule has 4 aromatic rings. The molecule has 4 rings (SSSR count). The third-order valence-electron chi connectivity index (χ3n) is 3.62. The first-order valence-corrected chi connectivity index (χ1v) is 17.8. The first-order chi connectivity index (χ1) is 21.0. The van der Waals surface area contributed by atoms with E-state index in [9.17, 15) is 39.6 Å². The Morgan fingerprint density at radius 1 is 0.417 bits per heavy atom. The maximum absolute atomic E-state index is 9.25. The van der Waals surface area contributed by atoms with E-state index >= 15 is 0 Å². The van der Waals surface area contributed by atoms with Crippen molar-refractivity contribution in [3.05, 3.63) is 97.6 Å². The molecule has 0 atom stereocenters. The normalized spacial score (nSPS) is 7.92. The van der Waals surface area contributed by atoms with Crippen LogP contribution in [0, 0.1) is 0 Å². The largest absolute Gasteiger partial charge is 2.00 e. The zero-order chi connectivity index (χ0) is 33.6. The molecule has 0 aliphatic carbocycles. The van der Waals surface area contributed by atoms with Gasteiger partial charge in [0.1, 0.15) is 0 Å². The Bertz CT molecular complexity index is 1120. The van der Waals surface area contributed by atoms with Crippen LogP contribution in [0.4, 0.5) is 0 Å². The molecular formula is C28H28Cu2I4N4O10. The number of alkyl halides is 4. The number of carboxylic acids is 4. The molecule has 0 spiro atoms. The quantitative estimate of drug-likeness (QED) is 0.132. The van der Waals surface area contributed by atoms with E-state index in [-0.39, 0.29) is 62.8 Å². The van der Waals surface area contributed by atoms with Gasteiger partial charge in [-0.1, -0.05) is 115 Å². The minimum Gasteiger partial charge on any atom is -0.549 e. The summed E-state index contributed by atoms with van der Waals surface area (Å²) in [5.41, 5.74) is 3.66. The van der Waals surface area contributed by atoms with Crippen molar-refractivity contribution in [1.82, 2.24) is 19.9 Å². The molecule has 0 unspecified atom stereocenters. The van der Waals surface area contributed by atoms with E-state index in [1.807, 2.05) is 72.8 Å². The van der Waals surface area contributed by atoms with E-state index in [1.54, 1.807) is 115 Å². The number of nitrogens with zero attached hydrogens (tertiary/aromatic N) is 4. The van der Waals surface area contributed by atoms with Crippen molar-refractivity contribution in [3.8, 4) is 22.8 Å². The van der Waals surface area contributed by atoms with Crippen LogP contribution in [0.2, 0.25) is 0 Å². The molecule has 0 saturated heterocycles. The predicted molar refractivity (Wildman–Crippen MR) is 198 cm³/mol. The molecule has 4 aromatic heterocycles. The summed E-state index contributed by atoms with van der Waals surface area (Å²) in [5, 5.41) is 37.0. The number of carbonyl (C=O) groups excluding carboxylic acids is 4. The van der Waals surface area contributed by atoms with E-state index in [1.165, 1.54) is 0 Å². The fourth-order valence-electron chi connectivity index (χ4n) is 2.06. The molecule has 0 amide bonds. The summed E-state index contributed by atoms with van der Waals surface area (Å²) in [6, 6.07) is 23.2. The van der Waals surface area contributed by atoms with Gasteiger partial charge in [-0.05, 0) is 48.5 Å². The molecule has 270 valence electrons. The van der Waals surface area contributed by atoms with Crippen LogP contribution in [0.25, 0.3) is 22.8 Å². The molecule has 0 bridgehead atoms. The number of aromatic nitrogens is 4. The van der Waals surface area contributed by atoms with Gasteiger partial charge in [0, 0.05) is 42.5 Å². The topological polar surface area (TPSA) is 275 Å². The molecular weight excluding hydrogens is 1190 g/mol. The first-order valence-electron chi connectivity index (χ1n) is 11.7. The Morgan fingerprint density at radius 2 is 0.562 bits per heavy atom. The van der Waals surface area contributed by atoms with Crippen LogP contribution in [0.1, 0.15) is 0 Å². The molecule has 0 aliphatic rings. The van der Waals surface area contributed by atoms with Gasteiger partial charge in [-0.25, -0.2) is 0 Å². The summed E-state index contributed by atoms with van der Waals surface area (Å²) in [5.74, 6) is -4.03. The second-order valence-corrected chi connectivity index (χ2v) is 9.93. The molecule has 2 radical (unpaired) electrons. The summed E-state index contributed by atoms with van der Waals surface area (Å²) in [4.78, 5) is 53.7. The van der Waals surface area contributed by atoms with E-state index in [0.29, 0.717) is 0 Å². The predicted octanol–water partition coefficient (Wildman–Crippen LogP) is -0.682. The van der Waals surface area contributed by atoms with Crippen LogP contribution < -0.4 is 20.4 Å². The Hall–Kier alpha value is -1.64. The van der Waals surface area contributed by atoms with Gasteiger partial charge in [0.25, 0.3) is 0 Å². The van der Waals surface area contributed by atoms with Crippen LogP contribution in [0.3, 0.4) is 0 Å².